The normalized spacial score (nSPS) is 10.4. The number of benzene rings is 3. The largest absolute Gasteiger partial charge is 0.497 e. The lowest BCUT2D eigenvalue weighted by Crippen LogP contribution is -2.22. The second kappa shape index (κ2) is 8.21. The molecular weight excluding hydrogens is 326 g/mol. The quantitative estimate of drug-likeness (QED) is 0.715. The van der Waals surface area contributed by atoms with Gasteiger partial charge in [0.25, 0.3) is 0 Å². The zero-order valence-corrected chi connectivity index (χ0v) is 14.8. The van der Waals surface area contributed by atoms with Crippen LogP contribution in [0.4, 0.5) is 5.69 Å². The minimum absolute atomic E-state index is 0.113. The Bertz CT molecular complexity index is 801. The topological polar surface area (TPSA) is 47.6 Å². The van der Waals surface area contributed by atoms with Crippen LogP contribution in [0.3, 0.4) is 0 Å². The first kappa shape index (κ1) is 17.5. The van der Waals surface area contributed by atoms with Gasteiger partial charge in [-0.25, -0.2) is 0 Å². The van der Waals surface area contributed by atoms with Gasteiger partial charge in [-0.05, 0) is 11.1 Å². The number of hydrogen-bond acceptors (Lipinski definition) is 3. The molecule has 0 spiro atoms. The molecule has 0 saturated heterocycles. The van der Waals surface area contributed by atoms with Gasteiger partial charge >= 0.3 is 0 Å². The molecule has 0 atom stereocenters. The van der Waals surface area contributed by atoms with E-state index in [4.69, 9.17) is 9.47 Å². The standard InChI is InChI=1S/C22H21NO3/c1-25-19-13-18(14-20(15-19)26-2)23-22(24)21(16-9-5-3-6-10-16)17-11-7-4-8-12-17/h3-15,21H,1-2H3,(H,23,24). The lowest BCUT2D eigenvalue weighted by atomic mass is 9.90. The van der Waals surface area contributed by atoms with Crippen LogP contribution in [0, 0.1) is 0 Å². The summed E-state index contributed by atoms with van der Waals surface area (Å²) >= 11 is 0. The molecule has 0 saturated carbocycles. The van der Waals surface area contributed by atoms with E-state index in [9.17, 15) is 4.79 Å². The predicted molar refractivity (Wildman–Crippen MR) is 103 cm³/mol. The Labute approximate surface area is 153 Å². The maximum Gasteiger partial charge on any atom is 0.236 e. The number of anilines is 1. The molecule has 0 aliphatic carbocycles. The van der Waals surface area contributed by atoms with Crippen molar-refractivity contribution >= 4 is 11.6 Å². The van der Waals surface area contributed by atoms with Crippen LogP contribution in [0.25, 0.3) is 0 Å². The summed E-state index contributed by atoms with van der Waals surface area (Å²) in [6, 6.07) is 24.8. The summed E-state index contributed by atoms with van der Waals surface area (Å²) in [5, 5.41) is 2.99. The van der Waals surface area contributed by atoms with E-state index in [1.807, 2.05) is 60.7 Å². The molecule has 1 N–H and O–H groups in total. The van der Waals surface area contributed by atoms with Crippen molar-refractivity contribution in [3.8, 4) is 11.5 Å². The lowest BCUT2D eigenvalue weighted by Gasteiger charge is -2.18. The molecule has 3 rings (SSSR count). The van der Waals surface area contributed by atoms with Crippen LogP contribution < -0.4 is 14.8 Å². The summed E-state index contributed by atoms with van der Waals surface area (Å²) in [6.45, 7) is 0. The highest BCUT2D eigenvalue weighted by molar-refractivity contribution is 5.98. The Morgan fingerprint density at radius 1 is 0.769 bits per heavy atom. The number of carbonyl (C=O) groups excluding carboxylic acids is 1. The second-order valence-electron chi connectivity index (χ2n) is 5.84. The van der Waals surface area contributed by atoms with Gasteiger partial charge < -0.3 is 14.8 Å². The molecule has 3 aromatic carbocycles. The third-order valence-electron chi connectivity index (χ3n) is 4.15. The molecule has 0 fully saturated rings. The second-order valence-corrected chi connectivity index (χ2v) is 5.84. The minimum atomic E-state index is -0.408. The molecule has 0 heterocycles. The highest BCUT2D eigenvalue weighted by Gasteiger charge is 2.23. The third-order valence-corrected chi connectivity index (χ3v) is 4.15. The van der Waals surface area contributed by atoms with Crippen molar-refractivity contribution in [3.05, 3.63) is 90.0 Å². The van der Waals surface area contributed by atoms with Crippen molar-refractivity contribution in [1.29, 1.82) is 0 Å². The monoisotopic (exact) mass is 347 g/mol. The molecule has 0 aliphatic rings. The molecule has 0 aromatic heterocycles. The van der Waals surface area contributed by atoms with Crippen molar-refractivity contribution in [2.24, 2.45) is 0 Å². The van der Waals surface area contributed by atoms with E-state index < -0.39 is 5.92 Å². The van der Waals surface area contributed by atoms with E-state index in [2.05, 4.69) is 5.32 Å². The van der Waals surface area contributed by atoms with Crippen molar-refractivity contribution in [2.45, 2.75) is 5.92 Å². The van der Waals surface area contributed by atoms with Crippen molar-refractivity contribution in [1.82, 2.24) is 0 Å². The average Bonchev–Trinajstić information content (AvgIpc) is 2.69. The van der Waals surface area contributed by atoms with E-state index in [1.165, 1.54) is 0 Å². The molecule has 4 nitrogen and oxygen atoms in total. The molecule has 0 radical (unpaired) electrons. The fraction of sp³-hybridized carbons (Fsp3) is 0.136. The maximum atomic E-state index is 13.1. The van der Waals surface area contributed by atoms with Crippen LogP contribution in [0.15, 0.2) is 78.9 Å². The van der Waals surface area contributed by atoms with E-state index >= 15 is 0 Å². The number of nitrogens with one attached hydrogen (secondary N) is 1. The lowest BCUT2D eigenvalue weighted by molar-refractivity contribution is -0.116. The number of methoxy groups -OCH3 is 2. The van der Waals surface area contributed by atoms with Gasteiger partial charge in [0.05, 0.1) is 20.1 Å². The highest BCUT2D eigenvalue weighted by Crippen LogP contribution is 2.29. The number of ether oxygens (including phenoxy) is 2. The first-order valence-electron chi connectivity index (χ1n) is 8.35. The van der Waals surface area contributed by atoms with Gasteiger partial charge in [0.2, 0.25) is 5.91 Å². The molecule has 0 aliphatic heterocycles. The van der Waals surface area contributed by atoms with Crippen LogP contribution in [0.2, 0.25) is 0 Å². The number of amides is 1. The Morgan fingerprint density at radius 3 is 1.65 bits per heavy atom. The average molecular weight is 347 g/mol. The summed E-state index contributed by atoms with van der Waals surface area (Å²) in [4.78, 5) is 13.1. The first-order chi connectivity index (χ1) is 12.7. The molecule has 4 heteroatoms. The Hall–Kier alpha value is -3.27. The fourth-order valence-electron chi connectivity index (χ4n) is 2.88. The smallest absolute Gasteiger partial charge is 0.236 e. The Kier molecular flexibility index (Phi) is 5.54. The summed E-state index contributed by atoms with van der Waals surface area (Å²) < 4.78 is 10.6. The summed E-state index contributed by atoms with van der Waals surface area (Å²) in [5.74, 6) is 0.721. The van der Waals surface area contributed by atoms with Gasteiger partial charge in [-0.2, -0.15) is 0 Å². The zero-order chi connectivity index (χ0) is 18.4. The number of carbonyl (C=O) groups is 1. The molecule has 132 valence electrons. The third kappa shape index (κ3) is 4.03. The first-order valence-corrected chi connectivity index (χ1v) is 8.35. The van der Waals surface area contributed by atoms with Crippen LogP contribution >= 0.6 is 0 Å². The van der Waals surface area contributed by atoms with Gasteiger partial charge in [-0.1, -0.05) is 60.7 Å². The summed E-state index contributed by atoms with van der Waals surface area (Å²) in [5.41, 5.74) is 2.50. The molecule has 3 aromatic rings. The SMILES string of the molecule is COc1cc(NC(=O)C(c2ccccc2)c2ccccc2)cc(OC)c1. The number of rotatable bonds is 6. The predicted octanol–water partition coefficient (Wildman–Crippen LogP) is 4.47. The van der Waals surface area contributed by atoms with E-state index in [0.29, 0.717) is 17.2 Å². The zero-order valence-electron chi connectivity index (χ0n) is 14.8. The van der Waals surface area contributed by atoms with Gasteiger partial charge in [-0.15, -0.1) is 0 Å². The molecule has 0 bridgehead atoms. The van der Waals surface area contributed by atoms with E-state index in [0.717, 1.165) is 11.1 Å². The van der Waals surface area contributed by atoms with Gasteiger partial charge in [0.15, 0.2) is 0 Å². The molecule has 1 amide bonds. The summed E-state index contributed by atoms with van der Waals surface area (Å²) in [6.07, 6.45) is 0. The van der Waals surface area contributed by atoms with Crippen molar-refractivity contribution in [2.75, 3.05) is 19.5 Å². The minimum Gasteiger partial charge on any atom is -0.497 e. The maximum absolute atomic E-state index is 13.1. The molecule has 26 heavy (non-hydrogen) atoms. The van der Waals surface area contributed by atoms with Gasteiger partial charge in [-0.3, -0.25) is 4.79 Å². The van der Waals surface area contributed by atoms with Crippen LogP contribution in [0.1, 0.15) is 17.0 Å². The van der Waals surface area contributed by atoms with Crippen LogP contribution in [-0.2, 0) is 4.79 Å². The van der Waals surface area contributed by atoms with Crippen LogP contribution in [-0.4, -0.2) is 20.1 Å². The Morgan fingerprint density at radius 2 is 1.23 bits per heavy atom. The van der Waals surface area contributed by atoms with Crippen molar-refractivity contribution < 1.29 is 14.3 Å². The molecule has 0 unspecified atom stereocenters. The number of hydrogen-bond donors (Lipinski definition) is 1. The van der Waals surface area contributed by atoms with Gasteiger partial charge in [0.1, 0.15) is 11.5 Å². The summed E-state index contributed by atoms with van der Waals surface area (Å²) in [7, 11) is 3.16. The molecular formula is C22H21NO3. The fourth-order valence-corrected chi connectivity index (χ4v) is 2.88. The van der Waals surface area contributed by atoms with E-state index in [1.54, 1.807) is 32.4 Å². The van der Waals surface area contributed by atoms with Crippen LogP contribution in [0.5, 0.6) is 11.5 Å². The van der Waals surface area contributed by atoms with Crippen molar-refractivity contribution in [3.63, 3.8) is 0 Å². The Balaban J connectivity index is 1.94. The highest BCUT2D eigenvalue weighted by atomic mass is 16.5. The van der Waals surface area contributed by atoms with E-state index in [-0.39, 0.29) is 5.91 Å². The van der Waals surface area contributed by atoms with Gasteiger partial charge in [0, 0.05) is 23.9 Å².